The SMILES string of the molecule is CC(C)CC(NS(=O)(=O)c1cccc2ccccc12)C(=O)NC1N=C(c2ccccc2)c2ccccc2N(C)C1=O. The number of likely N-dealkylation sites (N-methyl/N-ethyl adjacent to an activating group) is 1. The number of carbonyl (C=O) groups is 2. The number of hydrogen-bond acceptors (Lipinski definition) is 5. The Morgan fingerprint density at radius 2 is 1.56 bits per heavy atom. The highest BCUT2D eigenvalue weighted by Crippen LogP contribution is 2.27. The van der Waals surface area contributed by atoms with Gasteiger partial charge in [0.15, 0.2) is 0 Å². The number of benzodiazepines with no additional fused rings is 1. The third kappa shape index (κ3) is 5.91. The third-order valence-electron chi connectivity index (χ3n) is 7.03. The first-order valence-corrected chi connectivity index (χ1v) is 14.9. The highest BCUT2D eigenvalue weighted by atomic mass is 32.2. The predicted molar refractivity (Wildman–Crippen MR) is 161 cm³/mol. The zero-order chi connectivity index (χ0) is 29.1. The van der Waals surface area contributed by atoms with Crippen LogP contribution >= 0.6 is 0 Å². The summed E-state index contributed by atoms with van der Waals surface area (Å²) >= 11 is 0. The van der Waals surface area contributed by atoms with Crippen LogP contribution < -0.4 is 14.9 Å². The van der Waals surface area contributed by atoms with Gasteiger partial charge in [0.05, 0.1) is 16.3 Å². The molecule has 0 fully saturated rings. The smallest absolute Gasteiger partial charge is 0.272 e. The Morgan fingerprint density at radius 3 is 2.32 bits per heavy atom. The number of amides is 2. The fraction of sp³-hybridized carbons (Fsp3) is 0.219. The van der Waals surface area contributed by atoms with E-state index in [4.69, 9.17) is 4.99 Å². The Hall–Kier alpha value is -4.34. The van der Waals surface area contributed by atoms with E-state index in [1.165, 1.54) is 11.0 Å². The summed E-state index contributed by atoms with van der Waals surface area (Å²) in [5.41, 5.74) is 2.76. The minimum Gasteiger partial charge on any atom is -0.325 e. The van der Waals surface area contributed by atoms with E-state index in [1.54, 1.807) is 25.2 Å². The molecule has 0 bridgehead atoms. The highest BCUT2D eigenvalue weighted by Gasteiger charge is 2.34. The van der Waals surface area contributed by atoms with E-state index in [0.29, 0.717) is 16.8 Å². The molecule has 2 unspecified atom stereocenters. The van der Waals surface area contributed by atoms with Crippen molar-refractivity contribution in [3.8, 4) is 0 Å². The molecular weight excluding hydrogens is 536 g/mol. The molecule has 5 rings (SSSR count). The first-order valence-electron chi connectivity index (χ1n) is 13.5. The van der Waals surface area contributed by atoms with Crippen LogP contribution in [0.1, 0.15) is 31.4 Å². The Labute approximate surface area is 240 Å². The maximum absolute atomic E-state index is 13.7. The molecular formula is C32H32N4O4S. The third-order valence-corrected chi connectivity index (χ3v) is 8.56. The lowest BCUT2D eigenvalue weighted by atomic mass is 10.0. The molecule has 210 valence electrons. The van der Waals surface area contributed by atoms with Crippen LogP contribution in [-0.4, -0.2) is 45.2 Å². The summed E-state index contributed by atoms with van der Waals surface area (Å²) in [5, 5.41) is 4.08. The Balaban J connectivity index is 1.49. The van der Waals surface area contributed by atoms with Gasteiger partial charge in [0.1, 0.15) is 6.04 Å². The average molecular weight is 569 g/mol. The normalized spacial score (nSPS) is 16.2. The summed E-state index contributed by atoms with van der Waals surface area (Å²) in [7, 11) is -2.45. The number of hydrogen-bond donors (Lipinski definition) is 2. The number of sulfonamides is 1. The molecule has 1 aliphatic heterocycles. The maximum atomic E-state index is 13.7. The van der Waals surface area contributed by atoms with Gasteiger partial charge in [-0.2, -0.15) is 4.72 Å². The van der Waals surface area contributed by atoms with Crippen LogP contribution in [0.3, 0.4) is 0 Å². The fourth-order valence-electron chi connectivity index (χ4n) is 5.04. The number of para-hydroxylation sites is 1. The first kappa shape index (κ1) is 28.2. The molecule has 8 nitrogen and oxygen atoms in total. The summed E-state index contributed by atoms with van der Waals surface area (Å²) in [6, 6.07) is 27.9. The maximum Gasteiger partial charge on any atom is 0.272 e. The molecule has 4 aromatic carbocycles. The summed E-state index contributed by atoms with van der Waals surface area (Å²) in [5.74, 6) is -1.07. The standard InChI is InChI=1S/C32H32N4O4S/c1-21(2)20-26(35-41(39,40)28-19-11-15-22-12-7-8-16-24(22)28)31(37)34-30-32(38)36(3)27-18-10-9-17-25(27)29(33-30)23-13-5-4-6-14-23/h4-19,21,26,30,35H,20H2,1-3H3,(H,34,37). The van der Waals surface area contributed by atoms with Gasteiger partial charge >= 0.3 is 0 Å². The molecule has 0 radical (unpaired) electrons. The summed E-state index contributed by atoms with van der Waals surface area (Å²) in [6.45, 7) is 3.80. The number of nitrogens with zero attached hydrogens (tertiary/aromatic N) is 2. The van der Waals surface area contributed by atoms with Crippen molar-refractivity contribution in [1.29, 1.82) is 0 Å². The zero-order valence-electron chi connectivity index (χ0n) is 23.1. The summed E-state index contributed by atoms with van der Waals surface area (Å²) < 4.78 is 29.8. The van der Waals surface area contributed by atoms with Gasteiger partial charge in [-0.3, -0.25) is 9.59 Å². The molecule has 0 aromatic heterocycles. The van der Waals surface area contributed by atoms with Crippen molar-refractivity contribution in [2.45, 2.75) is 37.4 Å². The van der Waals surface area contributed by atoms with Crippen molar-refractivity contribution >= 4 is 44.0 Å². The number of rotatable bonds is 8. The van der Waals surface area contributed by atoms with Gasteiger partial charge in [0.25, 0.3) is 5.91 Å². The van der Waals surface area contributed by atoms with Crippen LogP contribution in [-0.2, 0) is 19.6 Å². The van der Waals surface area contributed by atoms with Crippen LogP contribution in [0, 0.1) is 5.92 Å². The molecule has 0 saturated heterocycles. The van der Waals surface area contributed by atoms with Crippen LogP contribution in [0.25, 0.3) is 10.8 Å². The van der Waals surface area contributed by atoms with E-state index in [-0.39, 0.29) is 17.2 Å². The van der Waals surface area contributed by atoms with Gasteiger partial charge in [-0.05, 0) is 29.9 Å². The molecule has 1 aliphatic rings. The van der Waals surface area contributed by atoms with Gasteiger partial charge in [-0.25, -0.2) is 13.4 Å². The van der Waals surface area contributed by atoms with Gasteiger partial charge in [-0.15, -0.1) is 0 Å². The Bertz CT molecular complexity index is 1730. The van der Waals surface area contributed by atoms with E-state index in [2.05, 4.69) is 10.0 Å². The molecule has 4 aromatic rings. The average Bonchev–Trinajstić information content (AvgIpc) is 3.07. The van der Waals surface area contributed by atoms with Crippen molar-refractivity contribution in [3.05, 3.63) is 108 Å². The molecule has 41 heavy (non-hydrogen) atoms. The van der Waals surface area contributed by atoms with Crippen molar-refractivity contribution in [1.82, 2.24) is 10.0 Å². The van der Waals surface area contributed by atoms with E-state index in [9.17, 15) is 18.0 Å². The van der Waals surface area contributed by atoms with Crippen molar-refractivity contribution < 1.29 is 18.0 Å². The van der Waals surface area contributed by atoms with Crippen molar-refractivity contribution in [3.63, 3.8) is 0 Å². The predicted octanol–water partition coefficient (Wildman–Crippen LogP) is 4.49. The quantitative estimate of drug-likeness (QED) is 0.327. The second-order valence-corrected chi connectivity index (χ2v) is 12.1. The topological polar surface area (TPSA) is 108 Å². The molecule has 2 N–H and O–H groups in total. The molecule has 9 heteroatoms. The Morgan fingerprint density at radius 1 is 0.902 bits per heavy atom. The lowest BCUT2D eigenvalue weighted by molar-refractivity contribution is -0.128. The fourth-order valence-corrected chi connectivity index (χ4v) is 6.48. The van der Waals surface area contributed by atoms with Gasteiger partial charge in [-0.1, -0.05) is 98.8 Å². The number of anilines is 1. The number of fused-ring (bicyclic) bond motifs is 2. The summed E-state index contributed by atoms with van der Waals surface area (Å²) in [4.78, 5) is 33.6. The summed E-state index contributed by atoms with van der Waals surface area (Å²) in [6.07, 6.45) is -1.03. The molecule has 0 aliphatic carbocycles. The van der Waals surface area contributed by atoms with Crippen LogP contribution in [0.2, 0.25) is 0 Å². The Kier molecular flexibility index (Phi) is 8.01. The largest absolute Gasteiger partial charge is 0.325 e. The minimum absolute atomic E-state index is 0.0129. The number of nitrogens with one attached hydrogen (secondary N) is 2. The van der Waals surface area contributed by atoms with E-state index in [1.807, 2.05) is 86.6 Å². The van der Waals surface area contributed by atoms with Crippen LogP contribution in [0.4, 0.5) is 5.69 Å². The van der Waals surface area contributed by atoms with Gasteiger partial charge < -0.3 is 10.2 Å². The molecule has 2 atom stereocenters. The second kappa shape index (κ2) is 11.6. The van der Waals surface area contributed by atoms with Gasteiger partial charge in [0.2, 0.25) is 22.1 Å². The van der Waals surface area contributed by atoms with E-state index >= 15 is 0 Å². The monoisotopic (exact) mass is 568 g/mol. The lowest BCUT2D eigenvalue weighted by Gasteiger charge is -2.24. The van der Waals surface area contributed by atoms with Crippen molar-refractivity contribution in [2.24, 2.45) is 10.9 Å². The second-order valence-electron chi connectivity index (χ2n) is 10.4. The van der Waals surface area contributed by atoms with Gasteiger partial charge in [0, 0.05) is 23.6 Å². The minimum atomic E-state index is -4.09. The van der Waals surface area contributed by atoms with Crippen molar-refractivity contribution in [2.75, 3.05) is 11.9 Å². The lowest BCUT2D eigenvalue weighted by Crippen LogP contribution is -2.53. The number of benzene rings is 4. The van der Waals surface area contributed by atoms with E-state index < -0.39 is 34.0 Å². The number of aliphatic imine (C=N–C) groups is 1. The first-order chi connectivity index (χ1) is 19.7. The van der Waals surface area contributed by atoms with E-state index in [0.717, 1.165) is 16.5 Å². The highest BCUT2D eigenvalue weighted by molar-refractivity contribution is 7.89. The van der Waals surface area contributed by atoms with Crippen LogP contribution in [0.5, 0.6) is 0 Å². The molecule has 0 saturated carbocycles. The zero-order valence-corrected chi connectivity index (χ0v) is 23.9. The molecule has 0 spiro atoms. The molecule has 2 amide bonds. The van der Waals surface area contributed by atoms with Crippen LogP contribution in [0.15, 0.2) is 107 Å². The number of carbonyl (C=O) groups excluding carboxylic acids is 2. The molecule has 1 heterocycles.